The molecular formula is C23H24FN3O3. The number of aromatic nitrogens is 1. The fourth-order valence-electron chi connectivity index (χ4n) is 3.89. The molecular weight excluding hydrogens is 385 g/mol. The number of carbonyl (C=O) groups is 2. The van der Waals surface area contributed by atoms with Crippen LogP contribution in [0.15, 0.2) is 42.5 Å². The molecule has 156 valence electrons. The van der Waals surface area contributed by atoms with Crippen LogP contribution in [0.3, 0.4) is 0 Å². The molecule has 0 fully saturated rings. The fourth-order valence-corrected chi connectivity index (χ4v) is 3.89. The third-order valence-electron chi connectivity index (χ3n) is 5.58. The average Bonchev–Trinajstić information content (AvgIpc) is 3.10. The fraction of sp³-hybridized carbons (Fsp3) is 0.304. The molecule has 7 heteroatoms. The number of carbonyl (C=O) groups excluding carboxylic acids is 2. The zero-order chi connectivity index (χ0) is 21.3. The van der Waals surface area contributed by atoms with Gasteiger partial charge in [-0.2, -0.15) is 0 Å². The molecule has 1 aromatic heterocycles. The number of nitrogens with zero attached hydrogens (tertiary/aromatic N) is 1. The third-order valence-corrected chi connectivity index (χ3v) is 5.58. The Hall–Kier alpha value is -3.19. The van der Waals surface area contributed by atoms with E-state index >= 15 is 0 Å². The van der Waals surface area contributed by atoms with Crippen molar-refractivity contribution in [3.05, 3.63) is 65.1 Å². The van der Waals surface area contributed by atoms with Crippen LogP contribution in [0.1, 0.15) is 35.5 Å². The van der Waals surface area contributed by atoms with Gasteiger partial charge in [-0.25, -0.2) is 9.18 Å². The largest absolute Gasteiger partial charge is 0.461 e. The quantitative estimate of drug-likeness (QED) is 0.628. The summed E-state index contributed by atoms with van der Waals surface area (Å²) in [6.45, 7) is 5.17. The van der Waals surface area contributed by atoms with Crippen LogP contribution < -0.4 is 5.32 Å². The molecule has 2 N–H and O–H groups in total. The first-order chi connectivity index (χ1) is 14.5. The zero-order valence-corrected chi connectivity index (χ0v) is 17.0. The Morgan fingerprint density at radius 1 is 1.23 bits per heavy atom. The topological polar surface area (TPSA) is 74.4 Å². The van der Waals surface area contributed by atoms with Gasteiger partial charge < -0.3 is 15.0 Å². The molecule has 0 spiro atoms. The number of esters is 1. The third kappa shape index (κ3) is 3.80. The average molecular weight is 409 g/mol. The smallest absolute Gasteiger partial charge is 0.356 e. The van der Waals surface area contributed by atoms with Crippen molar-refractivity contribution in [2.24, 2.45) is 0 Å². The summed E-state index contributed by atoms with van der Waals surface area (Å²) in [6, 6.07) is 11.9. The Balaban J connectivity index is 1.60. The summed E-state index contributed by atoms with van der Waals surface area (Å²) in [4.78, 5) is 30.5. The Morgan fingerprint density at radius 3 is 2.77 bits per heavy atom. The predicted octanol–water partition coefficient (Wildman–Crippen LogP) is 3.87. The van der Waals surface area contributed by atoms with Gasteiger partial charge in [-0.1, -0.05) is 24.3 Å². The van der Waals surface area contributed by atoms with E-state index in [0.29, 0.717) is 17.4 Å². The first-order valence-corrected chi connectivity index (χ1v) is 10.1. The van der Waals surface area contributed by atoms with E-state index in [0.717, 1.165) is 13.0 Å². The Labute approximate surface area is 174 Å². The van der Waals surface area contributed by atoms with Crippen LogP contribution in [0.25, 0.3) is 10.9 Å². The molecule has 3 aromatic rings. The first kappa shape index (κ1) is 20.1. The maximum Gasteiger partial charge on any atom is 0.356 e. The van der Waals surface area contributed by atoms with E-state index in [1.807, 2.05) is 19.1 Å². The van der Waals surface area contributed by atoms with Crippen LogP contribution in [0, 0.1) is 5.82 Å². The summed E-state index contributed by atoms with van der Waals surface area (Å²) in [7, 11) is 0. The summed E-state index contributed by atoms with van der Waals surface area (Å²) < 4.78 is 19.0. The van der Waals surface area contributed by atoms with Gasteiger partial charge in [-0.05, 0) is 49.6 Å². The number of benzene rings is 2. The summed E-state index contributed by atoms with van der Waals surface area (Å²) in [5, 5.41) is 3.27. The van der Waals surface area contributed by atoms with E-state index in [4.69, 9.17) is 4.74 Å². The van der Waals surface area contributed by atoms with Crippen LogP contribution >= 0.6 is 0 Å². The maximum atomic E-state index is 13.9. The molecule has 30 heavy (non-hydrogen) atoms. The standard InChI is InChI=1S/C23H24FN3O3/c1-3-30-23(29)21-20(18-12-17(24)8-9-19(18)25-21)26-22(28)14(2)27-11-10-15-6-4-5-7-16(15)13-27/h4-9,12,14,25H,3,10-11,13H2,1-2H3,(H,26,28)/t14-/m0/s1. The molecule has 0 aliphatic carbocycles. The second-order valence-electron chi connectivity index (χ2n) is 7.44. The van der Waals surface area contributed by atoms with Gasteiger partial charge >= 0.3 is 5.97 Å². The summed E-state index contributed by atoms with van der Waals surface area (Å²) in [6.07, 6.45) is 0.875. The van der Waals surface area contributed by atoms with Gasteiger partial charge in [0.25, 0.3) is 0 Å². The number of hydrogen-bond donors (Lipinski definition) is 2. The van der Waals surface area contributed by atoms with Gasteiger partial charge in [0.2, 0.25) is 5.91 Å². The van der Waals surface area contributed by atoms with E-state index in [1.165, 1.54) is 29.3 Å². The van der Waals surface area contributed by atoms with E-state index in [-0.39, 0.29) is 23.9 Å². The van der Waals surface area contributed by atoms with E-state index < -0.39 is 17.8 Å². The van der Waals surface area contributed by atoms with E-state index in [9.17, 15) is 14.0 Å². The van der Waals surface area contributed by atoms with Crippen molar-refractivity contribution < 1.29 is 18.7 Å². The van der Waals surface area contributed by atoms with Crippen molar-refractivity contribution in [1.29, 1.82) is 0 Å². The number of H-pyrrole nitrogens is 1. The number of rotatable bonds is 5. The summed E-state index contributed by atoms with van der Waals surface area (Å²) in [5.74, 6) is -1.30. The van der Waals surface area contributed by atoms with Crippen molar-refractivity contribution in [3.8, 4) is 0 Å². The Bertz CT molecular complexity index is 1110. The first-order valence-electron chi connectivity index (χ1n) is 10.1. The number of nitrogens with one attached hydrogen (secondary N) is 2. The van der Waals surface area contributed by atoms with Gasteiger partial charge in [0.05, 0.1) is 18.3 Å². The van der Waals surface area contributed by atoms with Crippen molar-refractivity contribution in [2.45, 2.75) is 32.9 Å². The number of hydrogen-bond acceptors (Lipinski definition) is 4. The molecule has 1 aliphatic rings. The lowest BCUT2D eigenvalue weighted by molar-refractivity contribution is -0.121. The van der Waals surface area contributed by atoms with Crippen molar-refractivity contribution in [2.75, 3.05) is 18.5 Å². The molecule has 0 radical (unpaired) electrons. The van der Waals surface area contributed by atoms with Gasteiger partial charge in [0.1, 0.15) is 11.5 Å². The van der Waals surface area contributed by atoms with Crippen molar-refractivity contribution in [3.63, 3.8) is 0 Å². The van der Waals surface area contributed by atoms with Crippen LogP contribution in [-0.4, -0.2) is 41.0 Å². The molecule has 0 bridgehead atoms. The van der Waals surface area contributed by atoms with Crippen LogP contribution in [0.5, 0.6) is 0 Å². The number of amides is 1. The SMILES string of the molecule is CCOC(=O)c1[nH]c2ccc(F)cc2c1NC(=O)[C@H](C)N1CCc2ccccc2C1. The number of fused-ring (bicyclic) bond motifs is 2. The minimum absolute atomic E-state index is 0.113. The Kier molecular flexibility index (Phi) is 5.55. The number of aromatic amines is 1. The highest BCUT2D eigenvalue weighted by Gasteiger charge is 2.28. The zero-order valence-electron chi connectivity index (χ0n) is 17.0. The van der Waals surface area contributed by atoms with E-state index in [1.54, 1.807) is 6.92 Å². The molecule has 1 aliphatic heterocycles. The lowest BCUT2D eigenvalue weighted by Gasteiger charge is -2.32. The van der Waals surface area contributed by atoms with Crippen LogP contribution in [0.2, 0.25) is 0 Å². The maximum absolute atomic E-state index is 13.9. The minimum atomic E-state index is -0.594. The highest BCUT2D eigenvalue weighted by molar-refractivity contribution is 6.11. The molecule has 0 unspecified atom stereocenters. The molecule has 2 heterocycles. The number of halogens is 1. The summed E-state index contributed by atoms with van der Waals surface area (Å²) >= 11 is 0. The van der Waals surface area contributed by atoms with Crippen LogP contribution in [0.4, 0.5) is 10.1 Å². The van der Waals surface area contributed by atoms with Gasteiger partial charge in [-0.15, -0.1) is 0 Å². The predicted molar refractivity (Wildman–Crippen MR) is 113 cm³/mol. The molecule has 0 saturated carbocycles. The molecule has 1 amide bonds. The Morgan fingerprint density at radius 2 is 2.00 bits per heavy atom. The molecule has 6 nitrogen and oxygen atoms in total. The number of anilines is 1. The molecule has 2 aromatic carbocycles. The highest BCUT2D eigenvalue weighted by Crippen LogP contribution is 2.30. The van der Waals surface area contributed by atoms with Gasteiger partial charge in [0, 0.05) is 24.0 Å². The van der Waals surface area contributed by atoms with Crippen molar-refractivity contribution in [1.82, 2.24) is 9.88 Å². The monoisotopic (exact) mass is 409 g/mol. The van der Waals surface area contributed by atoms with Crippen molar-refractivity contribution >= 4 is 28.5 Å². The second-order valence-corrected chi connectivity index (χ2v) is 7.44. The minimum Gasteiger partial charge on any atom is -0.461 e. The molecule has 0 saturated heterocycles. The normalized spacial score (nSPS) is 14.9. The van der Waals surface area contributed by atoms with Crippen LogP contribution in [-0.2, 0) is 22.5 Å². The molecule has 4 rings (SSSR count). The van der Waals surface area contributed by atoms with Gasteiger partial charge in [0.15, 0.2) is 0 Å². The molecule has 1 atom stereocenters. The second kappa shape index (κ2) is 8.28. The highest BCUT2D eigenvalue weighted by atomic mass is 19.1. The lowest BCUT2D eigenvalue weighted by atomic mass is 9.98. The van der Waals surface area contributed by atoms with Gasteiger partial charge in [-0.3, -0.25) is 9.69 Å². The van der Waals surface area contributed by atoms with E-state index in [2.05, 4.69) is 27.3 Å². The number of ether oxygens (including phenoxy) is 1. The lowest BCUT2D eigenvalue weighted by Crippen LogP contribution is -2.44. The summed E-state index contributed by atoms with van der Waals surface area (Å²) in [5.41, 5.74) is 3.43.